The second kappa shape index (κ2) is 7.61. The number of aromatic nitrogens is 1. The fourth-order valence-corrected chi connectivity index (χ4v) is 3.18. The monoisotopic (exact) mass is 312 g/mol. The molecule has 0 aromatic carbocycles. The van der Waals surface area contributed by atoms with Crippen molar-refractivity contribution in [3.63, 3.8) is 0 Å². The Kier molecular flexibility index (Phi) is 5.81. The van der Waals surface area contributed by atoms with Gasteiger partial charge in [-0.25, -0.2) is 4.98 Å². The van der Waals surface area contributed by atoms with Gasteiger partial charge in [0.25, 0.3) is 5.91 Å². The molecule has 1 fully saturated rings. The molecule has 1 amide bonds. The van der Waals surface area contributed by atoms with E-state index in [1.165, 1.54) is 11.3 Å². The number of nitrogens with zero attached hydrogens (tertiary/aromatic N) is 2. The van der Waals surface area contributed by atoms with Crippen molar-refractivity contribution in [3.05, 3.63) is 4.88 Å². The van der Waals surface area contributed by atoms with Crippen molar-refractivity contribution in [1.29, 1.82) is 0 Å². The van der Waals surface area contributed by atoms with Crippen molar-refractivity contribution in [2.75, 3.05) is 36.9 Å². The van der Waals surface area contributed by atoms with Gasteiger partial charge in [-0.2, -0.15) is 0 Å². The number of anilines is 2. The maximum Gasteiger partial charge on any atom is 0.265 e. The van der Waals surface area contributed by atoms with Gasteiger partial charge in [0.1, 0.15) is 10.7 Å². The SMILES string of the molecule is CCCCC(C)NC(=O)c1sc(N2CCOCC2)nc1N. The normalized spacial score (nSPS) is 16.8. The molecule has 0 radical (unpaired) electrons. The van der Waals surface area contributed by atoms with Crippen LogP contribution in [0.5, 0.6) is 0 Å². The topological polar surface area (TPSA) is 80.5 Å². The van der Waals surface area contributed by atoms with Gasteiger partial charge in [0.05, 0.1) is 13.2 Å². The van der Waals surface area contributed by atoms with Crippen molar-refractivity contribution >= 4 is 28.2 Å². The Hall–Kier alpha value is -1.34. The lowest BCUT2D eigenvalue weighted by atomic mass is 10.1. The van der Waals surface area contributed by atoms with Crippen molar-refractivity contribution in [2.45, 2.75) is 39.2 Å². The largest absolute Gasteiger partial charge is 0.382 e. The van der Waals surface area contributed by atoms with Crippen LogP contribution >= 0.6 is 11.3 Å². The molecule has 1 aliphatic rings. The zero-order chi connectivity index (χ0) is 15.2. The fraction of sp³-hybridized carbons (Fsp3) is 0.714. The molecule has 1 saturated heterocycles. The van der Waals surface area contributed by atoms with Crippen molar-refractivity contribution < 1.29 is 9.53 Å². The van der Waals surface area contributed by atoms with Crippen LogP contribution in [-0.2, 0) is 4.74 Å². The zero-order valence-electron chi connectivity index (χ0n) is 12.7. The highest BCUT2D eigenvalue weighted by molar-refractivity contribution is 7.18. The summed E-state index contributed by atoms with van der Waals surface area (Å²) in [5, 5.41) is 3.80. The zero-order valence-corrected chi connectivity index (χ0v) is 13.5. The maximum atomic E-state index is 12.3. The molecule has 6 nitrogen and oxygen atoms in total. The van der Waals surface area contributed by atoms with Crippen LogP contribution in [-0.4, -0.2) is 43.2 Å². The predicted octanol–water partition coefficient (Wildman–Crippen LogP) is 1.87. The Morgan fingerprint density at radius 1 is 1.52 bits per heavy atom. The van der Waals surface area contributed by atoms with Crippen molar-refractivity contribution in [2.24, 2.45) is 0 Å². The van der Waals surface area contributed by atoms with Gasteiger partial charge in [0, 0.05) is 19.1 Å². The highest BCUT2D eigenvalue weighted by Crippen LogP contribution is 2.28. The first-order valence-electron chi connectivity index (χ1n) is 7.51. The van der Waals surface area contributed by atoms with Crippen molar-refractivity contribution in [1.82, 2.24) is 10.3 Å². The molecule has 0 spiro atoms. The Morgan fingerprint density at radius 3 is 2.90 bits per heavy atom. The van der Waals surface area contributed by atoms with E-state index in [9.17, 15) is 4.79 Å². The first-order valence-corrected chi connectivity index (χ1v) is 8.33. The lowest BCUT2D eigenvalue weighted by Gasteiger charge is -2.25. The van der Waals surface area contributed by atoms with Gasteiger partial charge in [-0.05, 0) is 13.3 Å². The number of nitrogens with one attached hydrogen (secondary N) is 1. The van der Waals surface area contributed by atoms with E-state index < -0.39 is 0 Å². The predicted molar refractivity (Wildman–Crippen MR) is 86.0 cm³/mol. The van der Waals surface area contributed by atoms with Crippen LogP contribution in [0.25, 0.3) is 0 Å². The van der Waals surface area contributed by atoms with Crippen molar-refractivity contribution in [3.8, 4) is 0 Å². The minimum Gasteiger partial charge on any atom is -0.382 e. The molecule has 0 bridgehead atoms. The Labute approximate surface area is 129 Å². The maximum absolute atomic E-state index is 12.3. The number of thiazole rings is 1. The molecule has 2 rings (SSSR count). The number of nitrogens with two attached hydrogens (primary N) is 1. The summed E-state index contributed by atoms with van der Waals surface area (Å²) in [5.74, 6) is 0.204. The number of nitrogen functional groups attached to an aromatic ring is 1. The summed E-state index contributed by atoms with van der Waals surface area (Å²) in [7, 11) is 0. The van der Waals surface area contributed by atoms with E-state index in [4.69, 9.17) is 10.5 Å². The van der Waals surface area contributed by atoms with E-state index in [0.717, 1.165) is 37.5 Å². The highest BCUT2D eigenvalue weighted by atomic mass is 32.1. The van der Waals surface area contributed by atoms with Crippen LogP contribution in [0.1, 0.15) is 42.8 Å². The van der Waals surface area contributed by atoms with Crippen LogP contribution in [0.4, 0.5) is 10.9 Å². The van der Waals surface area contributed by atoms with Crippen LogP contribution in [0, 0.1) is 0 Å². The van der Waals surface area contributed by atoms with E-state index in [0.29, 0.717) is 23.9 Å². The summed E-state index contributed by atoms with van der Waals surface area (Å²) in [6.07, 6.45) is 3.22. The molecule has 1 atom stereocenters. The van der Waals surface area contributed by atoms with Crippen LogP contribution in [0.2, 0.25) is 0 Å². The Balaban J connectivity index is 1.99. The summed E-state index contributed by atoms with van der Waals surface area (Å²) in [5.41, 5.74) is 5.91. The summed E-state index contributed by atoms with van der Waals surface area (Å²) in [4.78, 5) is 19.2. The molecule has 0 saturated carbocycles. The van der Waals surface area contributed by atoms with Crippen LogP contribution in [0.15, 0.2) is 0 Å². The van der Waals surface area contributed by atoms with E-state index in [-0.39, 0.29) is 11.9 Å². The van der Waals surface area contributed by atoms with Gasteiger partial charge in [-0.15, -0.1) is 0 Å². The van der Waals surface area contributed by atoms with E-state index in [1.54, 1.807) is 0 Å². The summed E-state index contributed by atoms with van der Waals surface area (Å²) in [6.45, 7) is 7.13. The number of rotatable bonds is 6. The summed E-state index contributed by atoms with van der Waals surface area (Å²) >= 11 is 1.36. The number of carbonyl (C=O) groups excluding carboxylic acids is 1. The van der Waals surface area contributed by atoms with Gasteiger partial charge < -0.3 is 20.7 Å². The van der Waals surface area contributed by atoms with Gasteiger partial charge in [-0.3, -0.25) is 4.79 Å². The Bertz CT molecular complexity index is 472. The molecule has 21 heavy (non-hydrogen) atoms. The molecule has 0 aliphatic carbocycles. The van der Waals surface area contributed by atoms with E-state index in [2.05, 4.69) is 22.1 Å². The standard InChI is InChI=1S/C14H24N4O2S/c1-3-4-5-10(2)16-13(19)11-12(15)17-14(21-11)18-6-8-20-9-7-18/h10H,3-9,15H2,1-2H3,(H,16,19). The molecule has 7 heteroatoms. The average Bonchev–Trinajstić information content (AvgIpc) is 2.88. The molecule has 1 aromatic rings. The minimum absolute atomic E-state index is 0.117. The molecule has 2 heterocycles. The number of amides is 1. The fourth-order valence-electron chi connectivity index (χ4n) is 2.24. The third-order valence-corrected chi connectivity index (χ3v) is 4.63. The van der Waals surface area contributed by atoms with Gasteiger partial charge in [-0.1, -0.05) is 31.1 Å². The highest BCUT2D eigenvalue weighted by Gasteiger charge is 2.21. The second-order valence-electron chi connectivity index (χ2n) is 5.33. The molecule has 118 valence electrons. The first-order chi connectivity index (χ1) is 10.1. The molecule has 1 aromatic heterocycles. The van der Waals surface area contributed by atoms with Gasteiger partial charge >= 0.3 is 0 Å². The third kappa shape index (κ3) is 4.31. The lowest BCUT2D eigenvalue weighted by Crippen LogP contribution is -2.36. The van der Waals surface area contributed by atoms with Gasteiger partial charge in [0.15, 0.2) is 5.13 Å². The van der Waals surface area contributed by atoms with E-state index >= 15 is 0 Å². The smallest absolute Gasteiger partial charge is 0.265 e. The van der Waals surface area contributed by atoms with Gasteiger partial charge in [0.2, 0.25) is 0 Å². The van der Waals surface area contributed by atoms with E-state index in [1.807, 2.05) is 6.92 Å². The number of unbranched alkanes of at least 4 members (excludes halogenated alkanes) is 1. The molecule has 3 N–H and O–H groups in total. The minimum atomic E-state index is -0.117. The third-order valence-electron chi connectivity index (χ3n) is 3.50. The number of carbonyl (C=O) groups is 1. The quantitative estimate of drug-likeness (QED) is 0.838. The number of morpholine rings is 1. The Morgan fingerprint density at radius 2 is 2.24 bits per heavy atom. The molecule has 1 aliphatic heterocycles. The average molecular weight is 312 g/mol. The summed E-state index contributed by atoms with van der Waals surface area (Å²) in [6, 6.07) is 0.158. The molecular weight excluding hydrogens is 288 g/mol. The number of ether oxygens (including phenoxy) is 1. The number of hydrogen-bond donors (Lipinski definition) is 2. The first kappa shape index (κ1) is 16.0. The summed E-state index contributed by atoms with van der Waals surface area (Å²) < 4.78 is 5.32. The van der Waals surface area contributed by atoms with Crippen LogP contribution < -0.4 is 16.0 Å². The molecule has 1 unspecified atom stereocenters. The second-order valence-corrected chi connectivity index (χ2v) is 6.30. The number of hydrogen-bond acceptors (Lipinski definition) is 6. The molecular formula is C14H24N4O2S. The lowest BCUT2D eigenvalue weighted by molar-refractivity contribution is 0.0942. The van der Waals surface area contributed by atoms with Crippen LogP contribution in [0.3, 0.4) is 0 Å².